The Morgan fingerprint density at radius 3 is 2.71 bits per heavy atom. The zero-order chi connectivity index (χ0) is 15.8. The molecule has 1 unspecified atom stereocenters. The summed E-state index contributed by atoms with van der Waals surface area (Å²) in [6.45, 7) is 6.42. The summed E-state index contributed by atoms with van der Waals surface area (Å²) < 4.78 is 0. The molecule has 114 valence electrons. The second-order valence-electron chi connectivity index (χ2n) is 4.90. The Balaban J connectivity index is 2.60. The van der Waals surface area contributed by atoms with Crippen molar-refractivity contribution in [1.82, 2.24) is 10.2 Å². The lowest BCUT2D eigenvalue weighted by molar-refractivity contribution is -0.125. The van der Waals surface area contributed by atoms with Crippen LogP contribution in [0.2, 0.25) is 0 Å². The maximum atomic E-state index is 11.8. The Morgan fingerprint density at radius 2 is 2.10 bits per heavy atom. The molecule has 0 aromatic heterocycles. The molecule has 0 bridgehead atoms. The Bertz CT molecular complexity index is 514. The van der Waals surface area contributed by atoms with Gasteiger partial charge in [0.1, 0.15) is 0 Å². The van der Waals surface area contributed by atoms with Crippen molar-refractivity contribution >= 4 is 11.9 Å². The average Bonchev–Trinajstić information content (AvgIpc) is 2.49. The summed E-state index contributed by atoms with van der Waals surface area (Å²) in [5, 5.41) is 11.9. The Hall–Kier alpha value is -2.14. The summed E-state index contributed by atoms with van der Waals surface area (Å²) in [7, 11) is 1.85. The van der Waals surface area contributed by atoms with E-state index in [9.17, 15) is 9.59 Å². The number of amides is 1. The molecule has 0 heterocycles. The first-order valence-electron chi connectivity index (χ1n) is 6.87. The number of rotatable bonds is 8. The zero-order valence-electron chi connectivity index (χ0n) is 12.5. The van der Waals surface area contributed by atoms with E-state index in [1.807, 2.05) is 24.9 Å². The lowest BCUT2D eigenvalue weighted by Crippen LogP contribution is -2.44. The molecule has 1 aromatic rings. The fourth-order valence-corrected chi connectivity index (χ4v) is 1.96. The summed E-state index contributed by atoms with van der Waals surface area (Å²) in [4.78, 5) is 24.9. The molecule has 0 aliphatic rings. The zero-order valence-corrected chi connectivity index (χ0v) is 12.5. The van der Waals surface area contributed by atoms with Crippen LogP contribution in [0.3, 0.4) is 0 Å². The van der Waals surface area contributed by atoms with E-state index in [1.165, 1.54) is 0 Å². The second kappa shape index (κ2) is 8.21. The van der Waals surface area contributed by atoms with Crippen LogP contribution in [0.4, 0.5) is 0 Å². The summed E-state index contributed by atoms with van der Waals surface area (Å²) in [6, 6.07) is 6.66. The number of aromatic carboxylic acids is 1. The van der Waals surface area contributed by atoms with Gasteiger partial charge in [0.25, 0.3) is 0 Å². The minimum absolute atomic E-state index is 0.0658. The van der Waals surface area contributed by atoms with Crippen molar-refractivity contribution in [1.29, 1.82) is 0 Å². The van der Waals surface area contributed by atoms with Gasteiger partial charge in [-0.2, -0.15) is 0 Å². The van der Waals surface area contributed by atoms with Gasteiger partial charge in [0.15, 0.2) is 0 Å². The van der Waals surface area contributed by atoms with Gasteiger partial charge in [-0.3, -0.25) is 9.69 Å². The minimum Gasteiger partial charge on any atom is -0.478 e. The lowest BCUT2D eigenvalue weighted by atomic mass is 10.0. The van der Waals surface area contributed by atoms with E-state index < -0.39 is 5.97 Å². The van der Waals surface area contributed by atoms with Gasteiger partial charge in [0.05, 0.1) is 11.6 Å². The van der Waals surface area contributed by atoms with Crippen molar-refractivity contribution in [2.24, 2.45) is 0 Å². The molecule has 0 saturated heterocycles. The molecule has 0 aliphatic heterocycles. The largest absolute Gasteiger partial charge is 0.478 e. The third kappa shape index (κ3) is 5.04. The molecular weight excluding hydrogens is 268 g/mol. The fraction of sp³-hybridized carbons (Fsp3) is 0.375. The van der Waals surface area contributed by atoms with Gasteiger partial charge in [-0.25, -0.2) is 4.79 Å². The molecule has 1 amide bonds. The average molecular weight is 290 g/mol. The van der Waals surface area contributed by atoms with Crippen LogP contribution in [0.15, 0.2) is 36.9 Å². The van der Waals surface area contributed by atoms with Crippen molar-refractivity contribution in [3.05, 3.63) is 48.0 Å². The maximum Gasteiger partial charge on any atom is 0.335 e. The third-order valence-electron chi connectivity index (χ3n) is 3.44. The molecule has 5 heteroatoms. The van der Waals surface area contributed by atoms with Crippen LogP contribution in [0.1, 0.15) is 22.8 Å². The summed E-state index contributed by atoms with van der Waals surface area (Å²) in [6.07, 6.45) is 2.21. The number of nitrogens with one attached hydrogen (secondary N) is 1. The van der Waals surface area contributed by atoms with Crippen LogP contribution >= 0.6 is 0 Å². The smallest absolute Gasteiger partial charge is 0.335 e. The van der Waals surface area contributed by atoms with E-state index in [0.717, 1.165) is 5.56 Å². The van der Waals surface area contributed by atoms with Crippen LogP contribution in [0.25, 0.3) is 0 Å². The molecule has 1 aromatic carbocycles. The molecule has 5 nitrogen and oxygen atoms in total. The monoisotopic (exact) mass is 290 g/mol. The van der Waals surface area contributed by atoms with Gasteiger partial charge < -0.3 is 10.4 Å². The number of hydrogen-bond donors (Lipinski definition) is 2. The predicted molar refractivity (Wildman–Crippen MR) is 82.4 cm³/mol. The van der Waals surface area contributed by atoms with Crippen LogP contribution in [-0.4, -0.2) is 48.1 Å². The van der Waals surface area contributed by atoms with E-state index >= 15 is 0 Å². The molecule has 2 N–H and O–H groups in total. The molecule has 0 fully saturated rings. The number of carboxylic acid groups (broad SMARTS) is 1. The second-order valence-corrected chi connectivity index (χ2v) is 4.90. The first-order valence-corrected chi connectivity index (χ1v) is 6.87. The number of carboxylic acids is 1. The standard InChI is InChI=1S/C16H22N2O3/c1-4-10-17-15(19)12(2)18(3)11-9-13-7-5-6-8-14(13)16(20)21/h4-8,12H,1,9-11H2,2-3H3,(H,17,19)(H,20,21). The first-order chi connectivity index (χ1) is 9.97. The highest BCUT2D eigenvalue weighted by molar-refractivity contribution is 5.89. The number of benzene rings is 1. The third-order valence-corrected chi connectivity index (χ3v) is 3.44. The molecule has 0 saturated carbocycles. The maximum absolute atomic E-state index is 11.8. The number of nitrogens with zero attached hydrogens (tertiary/aromatic N) is 1. The molecule has 0 aliphatic carbocycles. The molecule has 0 spiro atoms. The number of hydrogen-bond acceptors (Lipinski definition) is 3. The fourth-order valence-electron chi connectivity index (χ4n) is 1.96. The van der Waals surface area contributed by atoms with Gasteiger partial charge in [-0.1, -0.05) is 24.3 Å². The number of carbonyl (C=O) groups is 2. The molecule has 1 rings (SSSR count). The Labute approximate surface area is 125 Å². The van der Waals surface area contributed by atoms with Crippen LogP contribution in [0, 0.1) is 0 Å². The van der Waals surface area contributed by atoms with Crippen molar-refractivity contribution in [3.8, 4) is 0 Å². The molecule has 0 radical (unpaired) electrons. The molecule has 1 atom stereocenters. The lowest BCUT2D eigenvalue weighted by Gasteiger charge is -2.23. The Morgan fingerprint density at radius 1 is 1.43 bits per heavy atom. The van der Waals surface area contributed by atoms with Gasteiger partial charge in [-0.15, -0.1) is 6.58 Å². The predicted octanol–water partition coefficient (Wildman–Crippen LogP) is 1.55. The number of carbonyl (C=O) groups excluding carboxylic acids is 1. The number of likely N-dealkylation sites (N-methyl/N-ethyl adjacent to an activating group) is 1. The van der Waals surface area contributed by atoms with Gasteiger partial charge in [0.2, 0.25) is 5.91 Å². The van der Waals surface area contributed by atoms with Crippen molar-refractivity contribution < 1.29 is 14.7 Å². The van der Waals surface area contributed by atoms with E-state index in [1.54, 1.807) is 24.3 Å². The van der Waals surface area contributed by atoms with Crippen molar-refractivity contribution in [3.63, 3.8) is 0 Å². The van der Waals surface area contributed by atoms with Crippen molar-refractivity contribution in [2.45, 2.75) is 19.4 Å². The summed E-state index contributed by atoms with van der Waals surface area (Å²) in [5.41, 5.74) is 1.09. The van der Waals surface area contributed by atoms with Crippen LogP contribution in [-0.2, 0) is 11.2 Å². The first kappa shape index (κ1) is 16.9. The van der Waals surface area contributed by atoms with Gasteiger partial charge in [-0.05, 0) is 32.0 Å². The minimum atomic E-state index is -0.926. The van der Waals surface area contributed by atoms with Crippen LogP contribution in [0.5, 0.6) is 0 Å². The highest BCUT2D eigenvalue weighted by atomic mass is 16.4. The SMILES string of the molecule is C=CCNC(=O)C(C)N(C)CCc1ccccc1C(=O)O. The topological polar surface area (TPSA) is 69.6 Å². The van der Waals surface area contributed by atoms with Gasteiger partial charge in [0, 0.05) is 13.1 Å². The van der Waals surface area contributed by atoms with Gasteiger partial charge >= 0.3 is 5.97 Å². The van der Waals surface area contributed by atoms with E-state index in [4.69, 9.17) is 5.11 Å². The highest BCUT2D eigenvalue weighted by Crippen LogP contribution is 2.10. The molecule has 21 heavy (non-hydrogen) atoms. The normalized spacial score (nSPS) is 12.0. The molecular formula is C16H22N2O3. The van der Waals surface area contributed by atoms with Crippen LogP contribution < -0.4 is 5.32 Å². The van der Waals surface area contributed by atoms with Crippen molar-refractivity contribution in [2.75, 3.05) is 20.1 Å². The Kier molecular flexibility index (Phi) is 6.62. The van der Waals surface area contributed by atoms with E-state index in [0.29, 0.717) is 25.1 Å². The highest BCUT2D eigenvalue weighted by Gasteiger charge is 2.17. The summed E-state index contributed by atoms with van der Waals surface area (Å²) in [5.74, 6) is -0.992. The quantitative estimate of drug-likeness (QED) is 0.713. The summed E-state index contributed by atoms with van der Waals surface area (Å²) >= 11 is 0. The van der Waals surface area contributed by atoms with E-state index in [2.05, 4.69) is 11.9 Å². The van der Waals surface area contributed by atoms with E-state index in [-0.39, 0.29) is 11.9 Å².